The molecule has 0 N–H and O–H groups in total. The number of aromatic nitrogens is 3. The largest absolute Gasteiger partial charge is 0.454 e. The van der Waals surface area contributed by atoms with E-state index in [0.717, 1.165) is 38.8 Å². The maximum atomic E-state index is 6.29. The summed E-state index contributed by atoms with van der Waals surface area (Å²) in [7, 11) is 0. The van der Waals surface area contributed by atoms with Gasteiger partial charge < -0.3 is 9.47 Å². The zero-order chi connectivity index (χ0) is 20.2. The zero-order valence-corrected chi connectivity index (χ0v) is 16.8. The molecule has 3 aromatic carbocycles. The number of nitrogens with zero attached hydrogens (tertiary/aromatic N) is 3. The molecule has 6 heteroatoms. The van der Waals surface area contributed by atoms with E-state index in [1.807, 2.05) is 47.3 Å². The van der Waals surface area contributed by atoms with Gasteiger partial charge in [-0.25, -0.2) is 4.68 Å². The molecule has 0 aliphatic carbocycles. The summed E-state index contributed by atoms with van der Waals surface area (Å²) >= 11 is 6.29. The molecule has 1 aliphatic heterocycles. The van der Waals surface area contributed by atoms with E-state index >= 15 is 0 Å². The molecule has 0 spiro atoms. The Morgan fingerprint density at radius 3 is 2.53 bits per heavy atom. The maximum absolute atomic E-state index is 6.29. The Balaban J connectivity index is 1.72. The molecule has 30 heavy (non-hydrogen) atoms. The monoisotopic (exact) mass is 413 g/mol. The van der Waals surface area contributed by atoms with Gasteiger partial charge in [-0.2, -0.15) is 5.10 Å². The average Bonchev–Trinajstić information content (AvgIpc) is 3.37. The molecule has 0 saturated heterocycles. The lowest BCUT2D eigenvalue weighted by molar-refractivity contribution is 0.174. The fourth-order valence-corrected chi connectivity index (χ4v) is 4.08. The summed E-state index contributed by atoms with van der Waals surface area (Å²) in [6.45, 7) is 2.29. The Bertz CT molecular complexity index is 1440. The summed E-state index contributed by atoms with van der Waals surface area (Å²) in [5.41, 5.74) is 5.77. The smallest absolute Gasteiger partial charge is 0.231 e. The number of hydrogen-bond acceptors (Lipinski definition) is 4. The van der Waals surface area contributed by atoms with Crippen LogP contribution in [-0.2, 0) is 0 Å². The van der Waals surface area contributed by atoms with Gasteiger partial charge in [-0.15, -0.1) is 0 Å². The second kappa shape index (κ2) is 6.47. The minimum Gasteiger partial charge on any atom is -0.454 e. The van der Waals surface area contributed by atoms with E-state index in [0.29, 0.717) is 16.5 Å². The number of aryl methyl sites for hydroxylation is 1. The normalized spacial score (nSPS) is 12.7. The molecule has 0 saturated carbocycles. The molecule has 5 nitrogen and oxygen atoms in total. The van der Waals surface area contributed by atoms with Gasteiger partial charge in [0.25, 0.3) is 0 Å². The van der Waals surface area contributed by atoms with Gasteiger partial charge in [-0.1, -0.05) is 47.5 Å². The van der Waals surface area contributed by atoms with Gasteiger partial charge in [-0.05, 0) is 31.2 Å². The first-order valence-corrected chi connectivity index (χ1v) is 9.99. The van der Waals surface area contributed by atoms with E-state index in [2.05, 4.69) is 31.2 Å². The van der Waals surface area contributed by atoms with Crippen LogP contribution in [0.5, 0.6) is 11.5 Å². The first kappa shape index (κ1) is 17.3. The molecule has 0 fully saturated rings. The van der Waals surface area contributed by atoms with Crippen LogP contribution in [0.15, 0.2) is 66.9 Å². The van der Waals surface area contributed by atoms with Crippen molar-refractivity contribution < 1.29 is 9.47 Å². The van der Waals surface area contributed by atoms with Crippen LogP contribution in [0.4, 0.5) is 0 Å². The van der Waals surface area contributed by atoms with Crippen molar-refractivity contribution in [3.05, 3.63) is 77.4 Å². The molecule has 6 rings (SSSR count). The average molecular weight is 414 g/mol. The van der Waals surface area contributed by atoms with Crippen LogP contribution >= 0.6 is 11.6 Å². The Labute approximate surface area is 177 Å². The summed E-state index contributed by atoms with van der Waals surface area (Å²) < 4.78 is 13.1. The molecule has 3 heterocycles. The Morgan fingerprint density at radius 1 is 0.933 bits per heavy atom. The Hall–Kier alpha value is -3.57. The van der Waals surface area contributed by atoms with Crippen molar-refractivity contribution in [1.82, 2.24) is 14.8 Å². The summed E-state index contributed by atoms with van der Waals surface area (Å²) in [6.07, 6.45) is 1.88. The van der Waals surface area contributed by atoms with Crippen molar-refractivity contribution in [2.45, 2.75) is 6.92 Å². The van der Waals surface area contributed by atoms with E-state index in [1.165, 1.54) is 5.56 Å². The lowest BCUT2D eigenvalue weighted by Crippen LogP contribution is -1.97. The second-order valence-electron chi connectivity index (χ2n) is 7.35. The molecule has 0 unspecified atom stereocenters. The van der Waals surface area contributed by atoms with Crippen LogP contribution in [0, 0.1) is 6.92 Å². The SMILES string of the molecule is Cc1ccc(-c2nn(-c3cccc(Cl)c3)c3c2cnc2cc4c(cc23)OCO4)cc1. The van der Waals surface area contributed by atoms with Crippen molar-refractivity contribution in [2.24, 2.45) is 0 Å². The zero-order valence-electron chi connectivity index (χ0n) is 16.1. The number of hydrogen-bond donors (Lipinski definition) is 0. The van der Waals surface area contributed by atoms with Crippen LogP contribution in [0.1, 0.15) is 5.56 Å². The fourth-order valence-electron chi connectivity index (χ4n) is 3.89. The van der Waals surface area contributed by atoms with Gasteiger partial charge in [0.15, 0.2) is 11.5 Å². The summed E-state index contributed by atoms with van der Waals surface area (Å²) in [4.78, 5) is 4.70. The lowest BCUT2D eigenvalue weighted by Gasteiger charge is -2.07. The Morgan fingerprint density at radius 2 is 1.73 bits per heavy atom. The quantitative estimate of drug-likeness (QED) is 0.360. The lowest BCUT2D eigenvalue weighted by atomic mass is 10.1. The Kier molecular flexibility index (Phi) is 3.73. The fraction of sp³-hybridized carbons (Fsp3) is 0.0833. The molecule has 2 aromatic heterocycles. The first-order valence-electron chi connectivity index (χ1n) is 9.61. The number of halogens is 1. The van der Waals surface area contributed by atoms with Crippen molar-refractivity contribution in [1.29, 1.82) is 0 Å². The minimum absolute atomic E-state index is 0.219. The first-order chi connectivity index (χ1) is 14.7. The van der Waals surface area contributed by atoms with Crippen LogP contribution in [0.2, 0.25) is 5.02 Å². The van der Waals surface area contributed by atoms with Crippen LogP contribution in [-0.4, -0.2) is 21.6 Å². The number of rotatable bonds is 2. The van der Waals surface area contributed by atoms with Crippen molar-refractivity contribution in [3.63, 3.8) is 0 Å². The van der Waals surface area contributed by atoms with E-state index in [-0.39, 0.29) is 6.79 Å². The molecule has 0 radical (unpaired) electrons. The maximum Gasteiger partial charge on any atom is 0.231 e. The molecule has 5 aromatic rings. The van der Waals surface area contributed by atoms with E-state index in [4.69, 9.17) is 31.2 Å². The highest BCUT2D eigenvalue weighted by Gasteiger charge is 2.21. The minimum atomic E-state index is 0.219. The van der Waals surface area contributed by atoms with Gasteiger partial charge in [0.2, 0.25) is 6.79 Å². The summed E-state index contributed by atoms with van der Waals surface area (Å²) in [5.74, 6) is 1.43. The molecular formula is C24H16ClN3O2. The predicted octanol–water partition coefficient (Wildman–Crippen LogP) is 5.93. The third kappa shape index (κ3) is 2.63. The number of pyridine rings is 1. The topological polar surface area (TPSA) is 49.2 Å². The van der Waals surface area contributed by atoms with Crippen LogP contribution in [0.25, 0.3) is 38.8 Å². The molecule has 0 atom stereocenters. The van der Waals surface area contributed by atoms with Crippen LogP contribution < -0.4 is 9.47 Å². The second-order valence-corrected chi connectivity index (χ2v) is 7.79. The van der Waals surface area contributed by atoms with E-state index in [1.54, 1.807) is 0 Å². The summed E-state index contributed by atoms with van der Waals surface area (Å²) in [5, 5.41) is 7.56. The van der Waals surface area contributed by atoms with Gasteiger partial charge >= 0.3 is 0 Å². The highest BCUT2D eigenvalue weighted by Crippen LogP contribution is 2.40. The predicted molar refractivity (Wildman–Crippen MR) is 118 cm³/mol. The van der Waals surface area contributed by atoms with Gasteiger partial charge in [0.1, 0.15) is 5.69 Å². The van der Waals surface area contributed by atoms with Gasteiger partial charge in [0.05, 0.1) is 16.7 Å². The standard InChI is InChI=1S/C24H16ClN3O2/c1-14-5-7-15(8-6-14)23-19-12-26-20-11-22-21(29-13-30-22)10-18(20)24(19)28(27-23)17-4-2-3-16(25)9-17/h2-12H,13H2,1H3. The molecule has 0 amide bonds. The summed E-state index contributed by atoms with van der Waals surface area (Å²) in [6, 6.07) is 19.9. The van der Waals surface area contributed by atoms with Gasteiger partial charge in [-0.3, -0.25) is 4.98 Å². The highest BCUT2D eigenvalue weighted by molar-refractivity contribution is 6.30. The molecule has 1 aliphatic rings. The number of ether oxygens (including phenoxy) is 2. The van der Waals surface area contributed by atoms with Crippen molar-refractivity contribution in [3.8, 4) is 28.4 Å². The number of benzene rings is 3. The van der Waals surface area contributed by atoms with E-state index < -0.39 is 0 Å². The van der Waals surface area contributed by atoms with Crippen molar-refractivity contribution >= 4 is 33.4 Å². The van der Waals surface area contributed by atoms with Crippen LogP contribution in [0.3, 0.4) is 0 Å². The number of fused-ring (bicyclic) bond motifs is 4. The van der Waals surface area contributed by atoms with Gasteiger partial charge in [0, 0.05) is 33.6 Å². The highest BCUT2D eigenvalue weighted by atomic mass is 35.5. The van der Waals surface area contributed by atoms with Crippen molar-refractivity contribution in [2.75, 3.05) is 6.79 Å². The third-order valence-corrected chi connectivity index (χ3v) is 5.61. The molecular weight excluding hydrogens is 398 g/mol. The molecule has 0 bridgehead atoms. The van der Waals surface area contributed by atoms with E-state index in [9.17, 15) is 0 Å². The third-order valence-electron chi connectivity index (χ3n) is 5.38. The molecule has 146 valence electrons.